The Hall–Kier alpha value is -0.540. The van der Waals surface area contributed by atoms with Crippen molar-refractivity contribution in [2.75, 3.05) is 7.05 Å². The molecule has 0 saturated carbocycles. The van der Waals surface area contributed by atoms with Gasteiger partial charge in [0.25, 0.3) is 0 Å². The van der Waals surface area contributed by atoms with Crippen LogP contribution < -0.4 is 0 Å². The lowest BCUT2D eigenvalue weighted by Gasteiger charge is -2.27. The molecule has 0 saturated heterocycles. The molecule has 1 heterocycles. The Morgan fingerprint density at radius 1 is 1.41 bits per heavy atom. The number of likely N-dealkylation sites (N-methyl/N-ethyl adjacent to an activating group) is 1. The lowest BCUT2D eigenvalue weighted by atomic mass is 10.0. The quantitative estimate of drug-likeness (QED) is 0.762. The Bertz CT molecular complexity index is 330. The molecule has 8 heteroatoms. The molecule has 0 amide bonds. The van der Waals surface area contributed by atoms with Gasteiger partial charge >= 0.3 is 22.7 Å². The maximum atomic E-state index is 9.35. The molecule has 17 heavy (non-hydrogen) atoms. The molecule has 1 atom stereocenters. The highest BCUT2D eigenvalue weighted by molar-refractivity contribution is 7.87. The molecule has 0 aromatic heterocycles. The average molecular weight is 283 g/mol. The van der Waals surface area contributed by atoms with Crippen molar-refractivity contribution in [1.29, 1.82) is 0 Å². The third kappa shape index (κ3) is 7.40. The van der Waals surface area contributed by atoms with Crippen molar-refractivity contribution in [2.24, 2.45) is 0 Å². The van der Waals surface area contributed by atoms with Crippen LogP contribution in [0.2, 0.25) is 0 Å². The molecule has 0 aromatic rings. The molecule has 0 radical (unpaired) electrons. The van der Waals surface area contributed by atoms with E-state index in [-0.39, 0.29) is 0 Å². The molecular formula is C9H17NO5S2. The number of hydrogen-bond donors (Lipinski definition) is 2. The molecule has 0 aliphatic carbocycles. The van der Waals surface area contributed by atoms with Gasteiger partial charge in [0.1, 0.15) is 0 Å². The van der Waals surface area contributed by atoms with Crippen molar-refractivity contribution in [2.45, 2.75) is 26.3 Å². The van der Waals surface area contributed by atoms with Crippen LogP contribution in [0.25, 0.3) is 0 Å². The first-order valence-corrected chi connectivity index (χ1v) is 6.94. The van der Waals surface area contributed by atoms with Gasteiger partial charge in [-0.1, -0.05) is 13.0 Å². The normalized spacial score (nSPS) is 22.3. The van der Waals surface area contributed by atoms with Gasteiger partial charge in [0.2, 0.25) is 0 Å². The van der Waals surface area contributed by atoms with Crippen LogP contribution in [0, 0.1) is 0 Å². The molecule has 1 aliphatic rings. The highest BCUT2D eigenvalue weighted by Gasteiger charge is 2.11. The van der Waals surface area contributed by atoms with E-state index >= 15 is 0 Å². The van der Waals surface area contributed by atoms with Gasteiger partial charge in [-0.25, -0.2) is 0 Å². The summed E-state index contributed by atoms with van der Waals surface area (Å²) in [5, 5.41) is 0. The van der Waals surface area contributed by atoms with Crippen molar-refractivity contribution in [3.8, 4) is 0 Å². The molecule has 0 aromatic carbocycles. The van der Waals surface area contributed by atoms with Gasteiger partial charge in [-0.15, -0.1) is 3.63 Å². The lowest BCUT2D eigenvalue weighted by molar-refractivity contribution is 0.381. The summed E-state index contributed by atoms with van der Waals surface area (Å²) in [7, 11) is 2.11. The molecule has 0 spiro atoms. The standard InChI is InChI=1S/C9H15N.H2O5S2/c1-4-9-6-5-7-10(3)8(9)2;1-6(2)5-7(3)4/h5-8H,4H2,1-3H3;(H,1,2)(H,3,4). The van der Waals surface area contributed by atoms with Crippen molar-refractivity contribution in [3.05, 3.63) is 23.9 Å². The van der Waals surface area contributed by atoms with Crippen molar-refractivity contribution in [3.63, 3.8) is 0 Å². The summed E-state index contributed by atoms with van der Waals surface area (Å²) in [4.78, 5) is 2.23. The van der Waals surface area contributed by atoms with Crippen LogP contribution >= 0.6 is 0 Å². The maximum absolute atomic E-state index is 9.35. The highest BCUT2D eigenvalue weighted by atomic mass is 32.3. The third-order valence-electron chi connectivity index (χ3n) is 2.30. The average Bonchev–Trinajstić information content (AvgIpc) is 2.21. The minimum atomic E-state index is -2.65. The number of allylic oxidation sites excluding steroid dienone is 2. The molecule has 1 unspecified atom stereocenters. The molecular weight excluding hydrogens is 266 g/mol. The van der Waals surface area contributed by atoms with Gasteiger partial charge in [0.15, 0.2) is 0 Å². The molecule has 2 N–H and O–H groups in total. The molecule has 1 aliphatic heterocycles. The lowest BCUT2D eigenvalue weighted by Crippen LogP contribution is -2.27. The van der Waals surface area contributed by atoms with Gasteiger partial charge in [0, 0.05) is 13.1 Å². The van der Waals surface area contributed by atoms with Crippen LogP contribution in [0.5, 0.6) is 0 Å². The minimum absolute atomic E-state index is 0.593. The zero-order chi connectivity index (χ0) is 13.4. The molecule has 1 rings (SSSR count). The molecule has 6 nitrogen and oxygen atoms in total. The van der Waals surface area contributed by atoms with Crippen molar-refractivity contribution in [1.82, 2.24) is 4.90 Å². The highest BCUT2D eigenvalue weighted by Crippen LogP contribution is 2.16. The van der Waals surface area contributed by atoms with Gasteiger partial charge in [-0.2, -0.15) is 8.42 Å². The summed E-state index contributed by atoms with van der Waals surface area (Å²) in [5.41, 5.74) is 1.52. The zero-order valence-electron chi connectivity index (χ0n) is 9.90. The second kappa shape index (κ2) is 8.54. The largest absolute Gasteiger partial charge is 0.374 e. The molecule has 100 valence electrons. The Morgan fingerprint density at radius 3 is 2.24 bits per heavy atom. The van der Waals surface area contributed by atoms with Crippen LogP contribution in [0.15, 0.2) is 23.9 Å². The van der Waals surface area contributed by atoms with E-state index < -0.39 is 22.7 Å². The van der Waals surface area contributed by atoms with Crippen LogP contribution in [0.1, 0.15) is 20.3 Å². The smallest absolute Gasteiger partial charge is 0.317 e. The first-order chi connectivity index (χ1) is 7.88. The van der Waals surface area contributed by atoms with Crippen LogP contribution in [-0.4, -0.2) is 35.5 Å². The Kier molecular flexibility index (Phi) is 8.26. The fraction of sp³-hybridized carbons (Fsp3) is 0.556. The van der Waals surface area contributed by atoms with E-state index in [1.165, 1.54) is 5.57 Å². The first-order valence-electron chi connectivity index (χ1n) is 4.88. The Morgan fingerprint density at radius 2 is 1.94 bits per heavy atom. The number of hydrogen-bond acceptors (Lipinski definition) is 4. The Labute approximate surface area is 106 Å². The van der Waals surface area contributed by atoms with Crippen LogP contribution in [0.4, 0.5) is 0 Å². The summed E-state index contributed by atoms with van der Waals surface area (Å²) in [6, 6.07) is 0.593. The van der Waals surface area contributed by atoms with Crippen molar-refractivity contribution < 1.29 is 21.2 Å². The minimum Gasteiger partial charge on any atom is -0.374 e. The summed E-state index contributed by atoms with van der Waals surface area (Å²) in [6.07, 6.45) is 7.60. The number of rotatable bonds is 3. The van der Waals surface area contributed by atoms with E-state index in [0.29, 0.717) is 6.04 Å². The summed E-state index contributed by atoms with van der Waals surface area (Å²) in [6.45, 7) is 4.44. The van der Waals surface area contributed by atoms with Gasteiger partial charge in [0.05, 0.1) is 0 Å². The van der Waals surface area contributed by atoms with Gasteiger partial charge in [-0.3, -0.25) is 9.11 Å². The zero-order valence-corrected chi connectivity index (χ0v) is 11.5. The van der Waals surface area contributed by atoms with E-state index in [9.17, 15) is 8.42 Å². The fourth-order valence-electron chi connectivity index (χ4n) is 1.30. The Balaban J connectivity index is 0.000000325. The number of nitrogens with zero attached hydrogens (tertiary/aromatic N) is 1. The van der Waals surface area contributed by atoms with Crippen LogP contribution in [0.3, 0.4) is 0 Å². The van der Waals surface area contributed by atoms with E-state index in [4.69, 9.17) is 9.11 Å². The second-order valence-electron chi connectivity index (χ2n) is 3.28. The van der Waals surface area contributed by atoms with Gasteiger partial charge < -0.3 is 4.90 Å². The predicted octanol–water partition coefficient (Wildman–Crippen LogP) is 1.45. The van der Waals surface area contributed by atoms with Crippen molar-refractivity contribution >= 4 is 22.7 Å². The monoisotopic (exact) mass is 283 g/mol. The predicted molar refractivity (Wildman–Crippen MR) is 67.4 cm³/mol. The molecule has 0 bridgehead atoms. The van der Waals surface area contributed by atoms with Crippen LogP contribution in [-0.2, 0) is 26.4 Å². The fourth-order valence-corrected chi connectivity index (χ4v) is 1.69. The van der Waals surface area contributed by atoms with E-state index in [2.05, 4.69) is 47.8 Å². The first kappa shape index (κ1) is 16.5. The molecule has 0 fully saturated rings. The second-order valence-corrected chi connectivity index (χ2v) is 4.69. The third-order valence-corrected chi connectivity index (χ3v) is 3.23. The van der Waals surface area contributed by atoms with E-state index in [1.54, 1.807) is 0 Å². The summed E-state index contributed by atoms with van der Waals surface area (Å²) >= 11 is -5.29. The SMILES string of the molecule is CCC1=CC=CN(C)C1C.O=S(O)OS(=O)O. The summed E-state index contributed by atoms with van der Waals surface area (Å²) in [5.74, 6) is 0. The van der Waals surface area contributed by atoms with E-state index in [1.807, 2.05) is 0 Å². The van der Waals surface area contributed by atoms with Gasteiger partial charge in [-0.05, 0) is 31.2 Å². The maximum Gasteiger partial charge on any atom is 0.317 e. The van der Waals surface area contributed by atoms with E-state index in [0.717, 1.165) is 6.42 Å². The summed E-state index contributed by atoms with van der Waals surface area (Å²) < 4.78 is 37.2. The topological polar surface area (TPSA) is 87.1 Å².